The standard InChI is InChI=1S/C8H16N2O/c1-9-5-6-10-8(11)7-3-2-4-7/h7,9H,2-6H2,1H3,(H,10,11). The Morgan fingerprint density at radius 2 is 2.18 bits per heavy atom. The van der Waals surface area contributed by atoms with Gasteiger partial charge < -0.3 is 10.6 Å². The molecule has 1 fully saturated rings. The molecule has 0 aromatic heterocycles. The number of hydrogen-bond donors (Lipinski definition) is 2. The van der Waals surface area contributed by atoms with Crippen molar-refractivity contribution in [3.63, 3.8) is 0 Å². The van der Waals surface area contributed by atoms with Crippen molar-refractivity contribution < 1.29 is 4.79 Å². The van der Waals surface area contributed by atoms with Crippen LogP contribution in [0.25, 0.3) is 0 Å². The Morgan fingerprint density at radius 3 is 2.64 bits per heavy atom. The Bertz CT molecular complexity index is 132. The average Bonchev–Trinajstić information content (AvgIpc) is 1.84. The van der Waals surface area contributed by atoms with Crippen molar-refractivity contribution in [2.24, 2.45) is 5.92 Å². The summed E-state index contributed by atoms with van der Waals surface area (Å²) in [5.74, 6) is 0.568. The van der Waals surface area contributed by atoms with Gasteiger partial charge >= 0.3 is 0 Å². The van der Waals surface area contributed by atoms with Crippen molar-refractivity contribution in [2.45, 2.75) is 19.3 Å². The van der Waals surface area contributed by atoms with Crippen LogP contribution in [0.3, 0.4) is 0 Å². The zero-order chi connectivity index (χ0) is 8.10. The summed E-state index contributed by atoms with van der Waals surface area (Å²) in [7, 11) is 1.88. The predicted octanol–water partition coefficient (Wildman–Crippen LogP) is 0.122. The molecule has 0 saturated heterocycles. The smallest absolute Gasteiger partial charge is 0.223 e. The molecule has 2 N–H and O–H groups in total. The number of likely N-dealkylation sites (N-methyl/N-ethyl adjacent to an activating group) is 1. The maximum Gasteiger partial charge on any atom is 0.223 e. The molecule has 0 atom stereocenters. The summed E-state index contributed by atoms with van der Waals surface area (Å²) in [6, 6.07) is 0. The number of carbonyl (C=O) groups is 1. The fourth-order valence-electron chi connectivity index (χ4n) is 1.13. The third-order valence-corrected chi connectivity index (χ3v) is 2.15. The summed E-state index contributed by atoms with van der Waals surface area (Å²) < 4.78 is 0. The normalized spacial score (nSPS) is 17.5. The highest BCUT2D eigenvalue weighted by atomic mass is 16.1. The Morgan fingerprint density at radius 1 is 1.45 bits per heavy atom. The van der Waals surface area contributed by atoms with Crippen LogP contribution in [0.1, 0.15) is 19.3 Å². The third kappa shape index (κ3) is 2.50. The van der Waals surface area contributed by atoms with E-state index in [1.807, 2.05) is 7.05 Å². The second-order valence-corrected chi connectivity index (χ2v) is 3.02. The summed E-state index contributed by atoms with van der Waals surface area (Å²) in [4.78, 5) is 11.2. The van der Waals surface area contributed by atoms with Crippen LogP contribution in [-0.4, -0.2) is 26.0 Å². The Balaban J connectivity index is 2.01. The number of carbonyl (C=O) groups excluding carboxylic acids is 1. The van der Waals surface area contributed by atoms with E-state index in [9.17, 15) is 4.79 Å². The number of rotatable bonds is 4. The molecular weight excluding hydrogens is 140 g/mol. The van der Waals surface area contributed by atoms with Crippen molar-refractivity contribution >= 4 is 5.91 Å². The van der Waals surface area contributed by atoms with E-state index >= 15 is 0 Å². The second kappa shape index (κ2) is 4.34. The minimum absolute atomic E-state index is 0.242. The first-order valence-corrected chi connectivity index (χ1v) is 4.27. The fraction of sp³-hybridized carbons (Fsp3) is 0.875. The van der Waals surface area contributed by atoms with Crippen molar-refractivity contribution in [3.8, 4) is 0 Å². The average molecular weight is 156 g/mol. The molecule has 11 heavy (non-hydrogen) atoms. The van der Waals surface area contributed by atoms with Gasteiger partial charge in [0.2, 0.25) is 5.91 Å². The van der Waals surface area contributed by atoms with E-state index in [2.05, 4.69) is 10.6 Å². The molecule has 1 rings (SSSR count). The van der Waals surface area contributed by atoms with Gasteiger partial charge in [-0.15, -0.1) is 0 Å². The van der Waals surface area contributed by atoms with Gasteiger partial charge in [0.25, 0.3) is 0 Å². The summed E-state index contributed by atoms with van der Waals surface area (Å²) >= 11 is 0. The summed E-state index contributed by atoms with van der Waals surface area (Å²) in [6.07, 6.45) is 3.40. The van der Waals surface area contributed by atoms with Gasteiger partial charge in [0.1, 0.15) is 0 Å². The van der Waals surface area contributed by atoms with E-state index in [0.29, 0.717) is 5.92 Å². The van der Waals surface area contributed by atoms with Crippen LogP contribution in [0.15, 0.2) is 0 Å². The molecule has 1 aliphatic carbocycles. The van der Waals surface area contributed by atoms with E-state index in [-0.39, 0.29) is 5.91 Å². The lowest BCUT2D eigenvalue weighted by Crippen LogP contribution is -2.37. The first-order chi connectivity index (χ1) is 5.34. The van der Waals surface area contributed by atoms with Gasteiger partial charge in [0.05, 0.1) is 0 Å². The summed E-state index contributed by atoms with van der Waals surface area (Å²) in [6.45, 7) is 1.62. The molecule has 0 heterocycles. The molecule has 0 aromatic carbocycles. The molecule has 0 bridgehead atoms. The Labute approximate surface area is 67.5 Å². The van der Waals surface area contributed by atoms with Crippen LogP contribution >= 0.6 is 0 Å². The van der Waals surface area contributed by atoms with Gasteiger partial charge in [0, 0.05) is 19.0 Å². The van der Waals surface area contributed by atoms with Gasteiger partial charge in [-0.1, -0.05) is 6.42 Å². The van der Waals surface area contributed by atoms with Crippen molar-refractivity contribution in [3.05, 3.63) is 0 Å². The number of hydrogen-bond acceptors (Lipinski definition) is 2. The molecule has 1 amide bonds. The van der Waals surface area contributed by atoms with Crippen molar-refractivity contribution in [1.82, 2.24) is 10.6 Å². The van der Waals surface area contributed by atoms with Gasteiger partial charge in [0.15, 0.2) is 0 Å². The largest absolute Gasteiger partial charge is 0.355 e. The second-order valence-electron chi connectivity index (χ2n) is 3.02. The van der Waals surface area contributed by atoms with E-state index in [1.54, 1.807) is 0 Å². The van der Waals surface area contributed by atoms with E-state index in [1.165, 1.54) is 6.42 Å². The Hall–Kier alpha value is -0.570. The van der Waals surface area contributed by atoms with Crippen LogP contribution in [0.2, 0.25) is 0 Å². The molecule has 64 valence electrons. The van der Waals surface area contributed by atoms with Gasteiger partial charge in [-0.05, 0) is 19.9 Å². The van der Waals surface area contributed by atoms with Crippen LogP contribution in [0.5, 0.6) is 0 Å². The number of amides is 1. The summed E-state index contributed by atoms with van der Waals surface area (Å²) in [5, 5.41) is 5.87. The highest BCUT2D eigenvalue weighted by Crippen LogP contribution is 2.25. The minimum Gasteiger partial charge on any atom is -0.355 e. The maximum absolute atomic E-state index is 11.2. The fourth-order valence-corrected chi connectivity index (χ4v) is 1.13. The molecule has 3 nitrogen and oxygen atoms in total. The quantitative estimate of drug-likeness (QED) is 0.568. The molecule has 0 aliphatic heterocycles. The molecule has 0 radical (unpaired) electrons. The first-order valence-electron chi connectivity index (χ1n) is 4.27. The zero-order valence-corrected chi connectivity index (χ0v) is 7.02. The molecule has 0 unspecified atom stereocenters. The summed E-state index contributed by atoms with van der Waals surface area (Å²) in [5.41, 5.74) is 0. The SMILES string of the molecule is CNCCNC(=O)C1CCC1. The first kappa shape index (κ1) is 8.53. The number of nitrogens with one attached hydrogen (secondary N) is 2. The monoisotopic (exact) mass is 156 g/mol. The van der Waals surface area contributed by atoms with Crippen LogP contribution < -0.4 is 10.6 Å². The third-order valence-electron chi connectivity index (χ3n) is 2.15. The van der Waals surface area contributed by atoms with E-state index in [4.69, 9.17) is 0 Å². The highest BCUT2D eigenvalue weighted by molar-refractivity contribution is 5.79. The highest BCUT2D eigenvalue weighted by Gasteiger charge is 2.24. The van der Waals surface area contributed by atoms with Crippen LogP contribution in [0.4, 0.5) is 0 Å². The molecular formula is C8H16N2O. The van der Waals surface area contributed by atoms with Gasteiger partial charge in [-0.25, -0.2) is 0 Å². The predicted molar refractivity (Wildman–Crippen MR) is 44.3 cm³/mol. The minimum atomic E-state index is 0.242. The maximum atomic E-state index is 11.2. The molecule has 0 aromatic rings. The zero-order valence-electron chi connectivity index (χ0n) is 7.02. The van der Waals surface area contributed by atoms with Crippen molar-refractivity contribution in [1.29, 1.82) is 0 Å². The topological polar surface area (TPSA) is 41.1 Å². The van der Waals surface area contributed by atoms with E-state index in [0.717, 1.165) is 25.9 Å². The lowest BCUT2D eigenvalue weighted by atomic mass is 9.85. The Kier molecular flexibility index (Phi) is 3.36. The lowest BCUT2D eigenvalue weighted by Gasteiger charge is -2.23. The molecule has 3 heteroatoms. The van der Waals surface area contributed by atoms with Crippen molar-refractivity contribution in [2.75, 3.05) is 20.1 Å². The van der Waals surface area contributed by atoms with E-state index < -0.39 is 0 Å². The molecule has 1 aliphatic rings. The van der Waals surface area contributed by atoms with Crippen LogP contribution in [0, 0.1) is 5.92 Å². The van der Waals surface area contributed by atoms with Gasteiger partial charge in [-0.2, -0.15) is 0 Å². The van der Waals surface area contributed by atoms with Crippen LogP contribution in [-0.2, 0) is 4.79 Å². The molecule has 0 spiro atoms. The lowest BCUT2D eigenvalue weighted by molar-refractivity contribution is -0.127. The molecule has 1 saturated carbocycles. The van der Waals surface area contributed by atoms with Gasteiger partial charge in [-0.3, -0.25) is 4.79 Å².